The first kappa shape index (κ1) is 37.7. The lowest BCUT2D eigenvalue weighted by molar-refractivity contribution is 1.23. The fourth-order valence-electron chi connectivity index (χ4n) is 7.56. The van der Waals surface area contributed by atoms with Crippen LogP contribution in [0.2, 0.25) is 0 Å². The van der Waals surface area contributed by atoms with E-state index in [4.69, 9.17) is 0 Å². The molecule has 0 amide bonds. The zero-order valence-electron chi connectivity index (χ0n) is 33.7. The van der Waals surface area contributed by atoms with Gasteiger partial charge in [-0.15, -0.1) is 0 Å². The summed E-state index contributed by atoms with van der Waals surface area (Å²) >= 11 is 0. The van der Waals surface area contributed by atoms with Crippen molar-refractivity contribution in [2.75, 3.05) is 9.80 Å². The average Bonchev–Trinajstić information content (AvgIpc) is 3.26. The second-order valence-electron chi connectivity index (χ2n) is 15.0. The van der Waals surface area contributed by atoms with Crippen molar-refractivity contribution >= 4 is 58.4 Å². The highest BCUT2D eigenvalue weighted by Gasteiger charge is 2.17. The Balaban J connectivity index is 1.07. The maximum Gasteiger partial charge on any atom is 0.0490 e. The molecule has 0 atom stereocenters. The molecular formula is C56H48N2. The monoisotopic (exact) mass is 748 g/mol. The molecule has 0 N–H and O–H groups in total. The molecule has 2 heteroatoms. The van der Waals surface area contributed by atoms with Crippen LogP contribution in [0.25, 0.3) is 35.4 Å². The first-order valence-electron chi connectivity index (χ1n) is 20.0. The Hall–Kier alpha value is -7.16. The summed E-state index contributed by atoms with van der Waals surface area (Å²) in [5.41, 5.74) is 18.8. The molecule has 0 fully saturated rings. The van der Waals surface area contributed by atoms with Crippen LogP contribution >= 0.6 is 0 Å². The van der Waals surface area contributed by atoms with Gasteiger partial charge in [0.15, 0.2) is 0 Å². The van der Waals surface area contributed by atoms with Crippen molar-refractivity contribution in [2.24, 2.45) is 0 Å². The molecule has 0 aromatic heterocycles. The van der Waals surface area contributed by atoms with Crippen molar-refractivity contribution in [3.63, 3.8) is 0 Å². The van der Waals surface area contributed by atoms with Gasteiger partial charge in [0.2, 0.25) is 0 Å². The summed E-state index contributed by atoms with van der Waals surface area (Å²) in [7, 11) is 0. The molecule has 58 heavy (non-hydrogen) atoms. The van der Waals surface area contributed by atoms with Gasteiger partial charge in [-0.3, -0.25) is 0 Å². The summed E-state index contributed by atoms with van der Waals surface area (Å²) in [5, 5.41) is 0. The van der Waals surface area contributed by atoms with Gasteiger partial charge < -0.3 is 9.80 Å². The van der Waals surface area contributed by atoms with E-state index in [1.54, 1.807) is 0 Å². The number of rotatable bonds is 11. The molecule has 8 aromatic rings. The average molecular weight is 749 g/mol. The molecule has 0 saturated heterocycles. The molecule has 2 nitrogen and oxygen atoms in total. The van der Waals surface area contributed by atoms with Gasteiger partial charge in [-0.2, -0.15) is 0 Å². The van der Waals surface area contributed by atoms with Gasteiger partial charge in [0.1, 0.15) is 0 Å². The molecule has 282 valence electrons. The van der Waals surface area contributed by atoms with E-state index in [9.17, 15) is 0 Å². The topological polar surface area (TPSA) is 6.48 Å². The molecular weight excluding hydrogens is 701 g/mol. The Morgan fingerprint density at radius 2 is 0.586 bits per heavy atom. The van der Waals surface area contributed by atoms with Crippen LogP contribution in [0.1, 0.15) is 44.5 Å². The van der Waals surface area contributed by atoms with Crippen LogP contribution in [0, 0.1) is 27.7 Å². The fraction of sp³-hybridized carbons (Fsp3) is 0.0714. The highest BCUT2D eigenvalue weighted by atomic mass is 15.1. The summed E-state index contributed by atoms with van der Waals surface area (Å²) < 4.78 is 0. The number of hydrogen-bond donors (Lipinski definition) is 0. The summed E-state index contributed by atoms with van der Waals surface area (Å²) in [4.78, 5) is 4.72. The summed E-state index contributed by atoms with van der Waals surface area (Å²) in [6.07, 6.45) is 8.66. The van der Waals surface area contributed by atoms with Crippen LogP contribution in [0.5, 0.6) is 0 Å². The molecule has 0 saturated carbocycles. The number of benzene rings is 8. The summed E-state index contributed by atoms with van der Waals surface area (Å²) in [6.45, 7) is 8.69. The van der Waals surface area contributed by atoms with Gasteiger partial charge in [0.25, 0.3) is 0 Å². The van der Waals surface area contributed by atoms with E-state index in [-0.39, 0.29) is 0 Å². The highest BCUT2D eigenvalue weighted by Crippen LogP contribution is 2.40. The van der Waals surface area contributed by atoms with Crippen LogP contribution in [-0.2, 0) is 0 Å². The molecule has 0 aliphatic heterocycles. The molecule has 0 radical (unpaired) electrons. The lowest BCUT2D eigenvalue weighted by Crippen LogP contribution is -2.11. The van der Waals surface area contributed by atoms with Crippen molar-refractivity contribution < 1.29 is 0 Å². The Bertz CT molecular complexity index is 2460. The van der Waals surface area contributed by atoms with Crippen LogP contribution in [0.3, 0.4) is 0 Å². The number of aryl methyl sites for hydroxylation is 4. The molecule has 8 rings (SSSR count). The van der Waals surface area contributed by atoms with Crippen molar-refractivity contribution in [1.29, 1.82) is 0 Å². The molecule has 0 bridgehead atoms. The minimum atomic E-state index is 1.11. The Morgan fingerprint density at radius 1 is 0.293 bits per heavy atom. The predicted molar refractivity (Wildman–Crippen MR) is 251 cm³/mol. The molecule has 0 unspecified atom stereocenters. The van der Waals surface area contributed by atoms with E-state index >= 15 is 0 Å². The van der Waals surface area contributed by atoms with Gasteiger partial charge in [-0.1, -0.05) is 169 Å². The second kappa shape index (κ2) is 17.3. The third-order valence-corrected chi connectivity index (χ3v) is 10.6. The largest absolute Gasteiger partial charge is 0.310 e. The van der Waals surface area contributed by atoms with Crippen molar-refractivity contribution in [1.82, 2.24) is 0 Å². The first-order valence-corrected chi connectivity index (χ1v) is 20.0. The van der Waals surface area contributed by atoms with Crippen LogP contribution < -0.4 is 9.80 Å². The Labute approximate surface area is 344 Å². The number of anilines is 6. The van der Waals surface area contributed by atoms with E-state index in [0.29, 0.717) is 0 Å². The second-order valence-corrected chi connectivity index (χ2v) is 15.0. The minimum absolute atomic E-state index is 1.11. The molecule has 0 aliphatic rings. The molecule has 0 heterocycles. The Morgan fingerprint density at radius 3 is 0.897 bits per heavy atom. The Kier molecular flexibility index (Phi) is 11.3. The lowest BCUT2D eigenvalue weighted by Gasteiger charge is -2.28. The smallest absolute Gasteiger partial charge is 0.0490 e. The maximum absolute atomic E-state index is 2.36. The van der Waals surface area contributed by atoms with Crippen molar-refractivity contribution in [2.45, 2.75) is 27.7 Å². The minimum Gasteiger partial charge on any atom is -0.310 e. The summed E-state index contributed by atoms with van der Waals surface area (Å²) in [6, 6.07) is 69.8. The molecule has 8 aromatic carbocycles. The van der Waals surface area contributed by atoms with Gasteiger partial charge in [0.05, 0.1) is 0 Å². The van der Waals surface area contributed by atoms with Crippen molar-refractivity contribution in [3.05, 3.63) is 239 Å². The van der Waals surface area contributed by atoms with E-state index in [1.807, 2.05) is 12.1 Å². The van der Waals surface area contributed by atoms with Gasteiger partial charge in [-0.05, 0) is 133 Å². The third kappa shape index (κ3) is 8.78. The normalized spacial score (nSPS) is 11.3. The fourth-order valence-corrected chi connectivity index (χ4v) is 7.56. The lowest BCUT2D eigenvalue weighted by atomic mass is 10.0. The van der Waals surface area contributed by atoms with E-state index in [1.165, 1.54) is 55.9 Å². The van der Waals surface area contributed by atoms with Gasteiger partial charge in [0, 0.05) is 34.1 Å². The van der Waals surface area contributed by atoms with Crippen LogP contribution in [0.15, 0.2) is 194 Å². The van der Waals surface area contributed by atoms with Crippen LogP contribution in [-0.4, -0.2) is 0 Å². The maximum atomic E-state index is 2.36. The summed E-state index contributed by atoms with van der Waals surface area (Å²) in [5.74, 6) is 0. The van der Waals surface area contributed by atoms with Crippen molar-refractivity contribution in [3.8, 4) is 11.1 Å². The van der Waals surface area contributed by atoms with Gasteiger partial charge in [-0.25, -0.2) is 0 Å². The quantitative estimate of drug-likeness (QED) is 0.122. The van der Waals surface area contributed by atoms with E-state index in [2.05, 4.69) is 244 Å². The van der Waals surface area contributed by atoms with E-state index < -0.39 is 0 Å². The third-order valence-electron chi connectivity index (χ3n) is 10.6. The zero-order valence-corrected chi connectivity index (χ0v) is 33.7. The van der Waals surface area contributed by atoms with E-state index in [0.717, 1.165) is 33.9 Å². The number of hydrogen-bond acceptors (Lipinski definition) is 2. The highest BCUT2D eigenvalue weighted by molar-refractivity contribution is 5.83. The SMILES string of the molecule is Cc1ccc(N(c2ccc(/C=C/c3ccccc3)cc2)c2ccc(-c3ccc(N(c4ccc(/C=C/c5ccccc5)cc4)c4ccc(C)cc4C)cc3)cc2)c(C)c1. The van der Waals surface area contributed by atoms with Crippen LogP contribution in [0.4, 0.5) is 34.1 Å². The predicted octanol–water partition coefficient (Wildman–Crippen LogP) is 15.9. The number of nitrogens with zero attached hydrogens (tertiary/aromatic N) is 2. The van der Waals surface area contributed by atoms with Gasteiger partial charge >= 0.3 is 0 Å². The standard InChI is InChI=1S/C56H48N2/c1-41-15-37-55(43(3)39-41)57(51-29-21-47(22-30-51)19-17-45-11-7-5-8-12-45)53-33-25-49(26-34-53)50-27-35-54(36-28-50)58(56-38-16-42(2)40-44(56)4)52-31-23-48(24-32-52)20-18-46-13-9-6-10-14-46/h5-40H,1-4H3/b19-17+,20-18+. The first-order chi connectivity index (χ1) is 28.4. The molecule has 0 spiro atoms. The molecule has 0 aliphatic carbocycles. The zero-order chi connectivity index (χ0) is 39.8.